The van der Waals surface area contributed by atoms with Crippen molar-refractivity contribution in [1.29, 1.82) is 0 Å². The fourth-order valence-electron chi connectivity index (χ4n) is 2.18. The second-order valence-electron chi connectivity index (χ2n) is 4.39. The molecule has 0 aliphatic carbocycles. The number of aliphatic carboxylic acids is 1. The topological polar surface area (TPSA) is 66.6 Å². The lowest BCUT2D eigenvalue weighted by molar-refractivity contribution is -0.144. The summed E-state index contributed by atoms with van der Waals surface area (Å²) in [6, 6.07) is -0.168. The number of nitrogens with two attached hydrogens (primary N) is 1. The molecule has 0 amide bonds. The van der Waals surface area contributed by atoms with E-state index in [1.807, 2.05) is 4.90 Å². The van der Waals surface area contributed by atoms with Crippen LogP contribution in [-0.2, 0) is 4.79 Å². The summed E-state index contributed by atoms with van der Waals surface area (Å²) >= 11 is 0. The molecule has 1 saturated heterocycles. The van der Waals surface area contributed by atoms with Crippen LogP contribution in [0.4, 0.5) is 0 Å². The third kappa shape index (κ3) is 3.80. The van der Waals surface area contributed by atoms with Crippen LogP contribution < -0.4 is 5.73 Å². The maximum atomic E-state index is 11.1. The molecular formula is C11H22N2O2. The lowest BCUT2D eigenvalue weighted by atomic mass is 10.0. The Kier molecular flexibility index (Phi) is 5.05. The van der Waals surface area contributed by atoms with Gasteiger partial charge in [-0.05, 0) is 25.8 Å². The quantitative estimate of drug-likeness (QED) is 0.718. The van der Waals surface area contributed by atoms with Gasteiger partial charge in [-0.25, -0.2) is 0 Å². The van der Waals surface area contributed by atoms with Crippen molar-refractivity contribution in [2.24, 2.45) is 5.73 Å². The van der Waals surface area contributed by atoms with Crippen molar-refractivity contribution >= 4 is 5.97 Å². The standard InChI is InChI=1S/C11H22N2O2/c1-2-3-6-10(11(14)15)13-7-4-5-9(12)8-13/h9-10H,2-8,12H2,1H3,(H,14,15). The number of carbonyl (C=O) groups is 1. The molecule has 0 saturated carbocycles. The molecule has 4 heteroatoms. The number of rotatable bonds is 5. The molecule has 1 rings (SSSR count). The summed E-state index contributed by atoms with van der Waals surface area (Å²) in [5, 5.41) is 9.16. The summed E-state index contributed by atoms with van der Waals surface area (Å²) in [5.74, 6) is -0.697. The van der Waals surface area contributed by atoms with Crippen molar-refractivity contribution < 1.29 is 9.90 Å². The van der Waals surface area contributed by atoms with Crippen molar-refractivity contribution in [3.8, 4) is 0 Å². The molecule has 0 radical (unpaired) electrons. The SMILES string of the molecule is CCCCC(C(=O)O)N1CCCC(N)C1. The number of carboxylic acids is 1. The summed E-state index contributed by atoms with van der Waals surface area (Å²) in [7, 11) is 0. The first-order valence-corrected chi connectivity index (χ1v) is 5.87. The fraction of sp³-hybridized carbons (Fsp3) is 0.909. The van der Waals surface area contributed by atoms with Crippen LogP contribution in [0.15, 0.2) is 0 Å². The number of hydrogen-bond donors (Lipinski definition) is 2. The van der Waals surface area contributed by atoms with E-state index in [1.54, 1.807) is 0 Å². The molecule has 2 atom stereocenters. The van der Waals surface area contributed by atoms with Gasteiger partial charge in [-0.15, -0.1) is 0 Å². The predicted octanol–water partition coefficient (Wildman–Crippen LogP) is 1.05. The molecule has 0 aromatic heterocycles. The predicted molar refractivity (Wildman–Crippen MR) is 59.7 cm³/mol. The summed E-state index contributed by atoms with van der Waals surface area (Å²) in [4.78, 5) is 13.2. The molecule has 1 aliphatic heterocycles. The zero-order valence-electron chi connectivity index (χ0n) is 9.48. The van der Waals surface area contributed by atoms with Gasteiger partial charge in [0, 0.05) is 12.6 Å². The first-order valence-electron chi connectivity index (χ1n) is 5.87. The Morgan fingerprint density at radius 1 is 1.67 bits per heavy atom. The maximum Gasteiger partial charge on any atom is 0.320 e. The minimum absolute atomic E-state index is 0.155. The summed E-state index contributed by atoms with van der Waals surface area (Å²) in [6.45, 7) is 3.70. The van der Waals surface area contributed by atoms with E-state index in [4.69, 9.17) is 10.8 Å². The van der Waals surface area contributed by atoms with Crippen molar-refractivity contribution in [3.63, 3.8) is 0 Å². The first kappa shape index (κ1) is 12.5. The maximum absolute atomic E-state index is 11.1. The molecule has 1 heterocycles. The molecule has 0 bridgehead atoms. The normalized spacial score (nSPS) is 25.1. The van der Waals surface area contributed by atoms with Crippen molar-refractivity contribution in [2.75, 3.05) is 13.1 Å². The Bertz CT molecular complexity index is 209. The third-order valence-corrected chi connectivity index (χ3v) is 3.05. The average molecular weight is 214 g/mol. The number of hydrogen-bond acceptors (Lipinski definition) is 3. The average Bonchev–Trinajstić information content (AvgIpc) is 2.18. The van der Waals surface area contributed by atoms with Gasteiger partial charge in [-0.2, -0.15) is 0 Å². The molecule has 1 fully saturated rings. The van der Waals surface area contributed by atoms with Crippen LogP contribution in [0.3, 0.4) is 0 Å². The van der Waals surface area contributed by atoms with Crippen LogP contribution in [0.25, 0.3) is 0 Å². The second-order valence-corrected chi connectivity index (χ2v) is 4.39. The van der Waals surface area contributed by atoms with Gasteiger partial charge in [0.1, 0.15) is 6.04 Å². The molecule has 4 nitrogen and oxygen atoms in total. The highest BCUT2D eigenvalue weighted by atomic mass is 16.4. The highest BCUT2D eigenvalue weighted by Gasteiger charge is 2.28. The molecule has 1 aliphatic rings. The van der Waals surface area contributed by atoms with Gasteiger partial charge >= 0.3 is 5.97 Å². The van der Waals surface area contributed by atoms with Crippen molar-refractivity contribution in [2.45, 2.75) is 51.1 Å². The monoisotopic (exact) mass is 214 g/mol. The van der Waals surface area contributed by atoms with Gasteiger partial charge in [0.25, 0.3) is 0 Å². The zero-order chi connectivity index (χ0) is 11.3. The van der Waals surface area contributed by atoms with Crippen LogP contribution in [0.1, 0.15) is 39.0 Å². The Morgan fingerprint density at radius 2 is 2.40 bits per heavy atom. The van der Waals surface area contributed by atoms with E-state index in [2.05, 4.69) is 6.92 Å². The summed E-state index contributed by atoms with van der Waals surface area (Å²) < 4.78 is 0. The second kappa shape index (κ2) is 6.08. The van der Waals surface area contributed by atoms with Crippen molar-refractivity contribution in [1.82, 2.24) is 4.90 Å². The smallest absolute Gasteiger partial charge is 0.320 e. The molecular weight excluding hydrogens is 192 g/mol. The van der Waals surface area contributed by atoms with Crippen LogP contribution in [0, 0.1) is 0 Å². The Hall–Kier alpha value is -0.610. The van der Waals surface area contributed by atoms with Gasteiger partial charge in [-0.1, -0.05) is 19.8 Å². The van der Waals surface area contributed by atoms with Gasteiger partial charge < -0.3 is 10.8 Å². The fourth-order valence-corrected chi connectivity index (χ4v) is 2.18. The van der Waals surface area contributed by atoms with E-state index in [-0.39, 0.29) is 12.1 Å². The molecule has 88 valence electrons. The Labute approximate surface area is 91.4 Å². The van der Waals surface area contributed by atoms with Crippen LogP contribution >= 0.6 is 0 Å². The van der Waals surface area contributed by atoms with Crippen LogP contribution in [0.5, 0.6) is 0 Å². The lowest BCUT2D eigenvalue weighted by Crippen LogP contribution is -2.50. The third-order valence-electron chi connectivity index (χ3n) is 3.05. The number of unbranched alkanes of at least 4 members (excludes halogenated alkanes) is 1. The van der Waals surface area contributed by atoms with Gasteiger partial charge in [-0.3, -0.25) is 9.69 Å². The first-order chi connectivity index (χ1) is 7.15. The number of piperidine rings is 1. The lowest BCUT2D eigenvalue weighted by Gasteiger charge is -2.35. The molecule has 0 aromatic rings. The number of nitrogens with zero attached hydrogens (tertiary/aromatic N) is 1. The van der Waals surface area contributed by atoms with Crippen LogP contribution in [-0.4, -0.2) is 41.1 Å². The number of likely N-dealkylation sites (tertiary alicyclic amines) is 1. The number of carboxylic acid groups (broad SMARTS) is 1. The Balaban J connectivity index is 2.50. The van der Waals surface area contributed by atoms with E-state index in [0.29, 0.717) is 0 Å². The Morgan fingerprint density at radius 3 is 2.93 bits per heavy atom. The zero-order valence-corrected chi connectivity index (χ0v) is 9.48. The highest BCUT2D eigenvalue weighted by molar-refractivity contribution is 5.73. The van der Waals surface area contributed by atoms with E-state index < -0.39 is 5.97 Å². The van der Waals surface area contributed by atoms with Crippen LogP contribution in [0.2, 0.25) is 0 Å². The van der Waals surface area contributed by atoms with E-state index >= 15 is 0 Å². The van der Waals surface area contributed by atoms with E-state index in [0.717, 1.165) is 45.2 Å². The molecule has 2 unspecified atom stereocenters. The summed E-state index contributed by atoms with van der Waals surface area (Å²) in [6.07, 6.45) is 4.82. The molecule has 0 aromatic carbocycles. The summed E-state index contributed by atoms with van der Waals surface area (Å²) in [5.41, 5.74) is 5.86. The van der Waals surface area contributed by atoms with E-state index in [9.17, 15) is 4.79 Å². The molecule has 0 spiro atoms. The van der Waals surface area contributed by atoms with E-state index in [1.165, 1.54) is 0 Å². The minimum Gasteiger partial charge on any atom is -0.480 e. The largest absolute Gasteiger partial charge is 0.480 e. The van der Waals surface area contributed by atoms with Gasteiger partial charge in [0.05, 0.1) is 0 Å². The molecule has 15 heavy (non-hydrogen) atoms. The minimum atomic E-state index is -0.697. The van der Waals surface area contributed by atoms with Gasteiger partial charge in [0.15, 0.2) is 0 Å². The van der Waals surface area contributed by atoms with Crippen molar-refractivity contribution in [3.05, 3.63) is 0 Å². The van der Waals surface area contributed by atoms with Gasteiger partial charge in [0.2, 0.25) is 0 Å². The highest BCUT2D eigenvalue weighted by Crippen LogP contribution is 2.16. The molecule has 3 N–H and O–H groups in total.